The summed E-state index contributed by atoms with van der Waals surface area (Å²) >= 11 is 0. The molecule has 4 aliphatic carbocycles. The molecule has 4 saturated carbocycles. The molecule has 1 aromatic carbocycles. The maximum absolute atomic E-state index is 2.54. The molecule has 2 unspecified atom stereocenters. The zero-order valence-electron chi connectivity index (χ0n) is 14.6. The van der Waals surface area contributed by atoms with Crippen molar-refractivity contribution in [1.29, 1.82) is 0 Å². The van der Waals surface area contributed by atoms with Crippen molar-refractivity contribution < 1.29 is 53.8 Å². The summed E-state index contributed by atoms with van der Waals surface area (Å²) in [5.41, 5.74) is 2.04. The second-order valence-corrected chi connectivity index (χ2v) is 7.47. The first-order chi connectivity index (χ1) is 9.07. The Morgan fingerprint density at radius 2 is 1.55 bits per heavy atom. The Kier molecular flexibility index (Phi) is 9.92. The van der Waals surface area contributed by atoms with Crippen LogP contribution in [0.5, 0.6) is 0 Å². The largest absolute Gasteiger partial charge is 0.358 e. The first-order valence-corrected chi connectivity index (χ1v) is 7.93. The predicted molar refractivity (Wildman–Crippen MR) is 88.2 cm³/mol. The second-order valence-electron chi connectivity index (χ2n) is 7.47. The van der Waals surface area contributed by atoms with E-state index in [4.69, 9.17) is 0 Å². The van der Waals surface area contributed by atoms with E-state index in [1.165, 1.54) is 31.2 Å². The Morgan fingerprint density at radius 3 is 1.91 bits per heavy atom. The van der Waals surface area contributed by atoms with E-state index >= 15 is 0 Å². The predicted octanol–water partition coefficient (Wildman–Crippen LogP) is 5.87. The summed E-state index contributed by atoms with van der Waals surface area (Å²) in [4.78, 5) is 0. The van der Waals surface area contributed by atoms with E-state index in [9.17, 15) is 0 Å². The molecule has 0 nitrogen and oxygen atoms in total. The van der Waals surface area contributed by atoms with Crippen LogP contribution in [-0.2, 0) is 53.8 Å². The standard InChI is InChI=1S/C12H19.C7H8.CH3.W.Y/c1-8-11-4-9-3-10(5-11)7-12(8,2)6-9;1-7-5-3-2-4-6-7;;;/h8-10H,3-7H2,1-2H3;2-6H,1H3;1H3;;/q-1;;-1;;/t8-,9?,10?,12?;;;;/m0..../s1. The van der Waals surface area contributed by atoms with Crippen molar-refractivity contribution in [1.82, 2.24) is 0 Å². The van der Waals surface area contributed by atoms with Gasteiger partial charge in [0.15, 0.2) is 0 Å². The van der Waals surface area contributed by atoms with E-state index in [1.54, 1.807) is 6.42 Å². The normalized spacial score (nSPS) is 34.4. The molecular formula is C20H30WY-2. The van der Waals surface area contributed by atoms with E-state index in [2.05, 4.69) is 32.9 Å². The Bertz CT molecular complexity index is 417. The van der Waals surface area contributed by atoms with Crippen molar-refractivity contribution >= 4 is 0 Å². The molecule has 0 heterocycles. The molecule has 5 rings (SSSR count). The summed E-state index contributed by atoms with van der Waals surface area (Å²) in [5, 5.41) is 0. The number of benzene rings is 1. The van der Waals surface area contributed by atoms with Gasteiger partial charge < -0.3 is 13.3 Å². The van der Waals surface area contributed by atoms with Crippen molar-refractivity contribution in [3.63, 3.8) is 0 Å². The van der Waals surface area contributed by atoms with Crippen LogP contribution >= 0.6 is 0 Å². The Hall–Kier alpha value is 1.01. The average Bonchev–Trinajstić information content (AvgIpc) is 2.36. The Balaban J connectivity index is 0.000000392. The molecule has 4 bridgehead atoms. The number of rotatable bonds is 0. The van der Waals surface area contributed by atoms with Gasteiger partial charge in [-0.25, -0.2) is 0 Å². The first kappa shape index (κ1) is 23.0. The van der Waals surface area contributed by atoms with Crippen molar-refractivity contribution in [3.8, 4) is 0 Å². The molecule has 2 heteroatoms. The minimum Gasteiger partial charge on any atom is -0.358 e. The minimum atomic E-state index is 0. The topological polar surface area (TPSA) is 0 Å². The van der Waals surface area contributed by atoms with E-state index in [0.717, 1.165) is 23.2 Å². The van der Waals surface area contributed by atoms with Gasteiger partial charge in [0.1, 0.15) is 0 Å². The number of hydrogen-bond donors (Lipinski definition) is 0. The SMILES string of the molecule is C[C@H]1[C-]2CC3CC(C2)CC1(C)C3.Cc1ccccc1.[CH3-].[W].[Y]. The van der Waals surface area contributed by atoms with E-state index in [1.807, 2.05) is 24.1 Å². The fourth-order valence-electron chi connectivity index (χ4n) is 4.91. The molecule has 0 aliphatic heterocycles. The quantitative estimate of drug-likeness (QED) is 0.360. The fraction of sp³-hybridized carbons (Fsp3) is 0.600. The van der Waals surface area contributed by atoms with Gasteiger partial charge in [-0.1, -0.05) is 73.4 Å². The van der Waals surface area contributed by atoms with Crippen LogP contribution in [0.1, 0.15) is 51.5 Å². The van der Waals surface area contributed by atoms with Gasteiger partial charge >= 0.3 is 0 Å². The van der Waals surface area contributed by atoms with Crippen molar-refractivity contribution in [2.45, 2.75) is 52.9 Å². The monoisotopic (exact) mass is 543 g/mol. The molecule has 22 heavy (non-hydrogen) atoms. The molecule has 1 aromatic rings. The van der Waals surface area contributed by atoms with Gasteiger partial charge in [0.25, 0.3) is 0 Å². The van der Waals surface area contributed by atoms with Gasteiger partial charge in [-0.3, -0.25) is 0 Å². The van der Waals surface area contributed by atoms with Crippen LogP contribution in [0.3, 0.4) is 0 Å². The third kappa shape index (κ3) is 5.00. The minimum absolute atomic E-state index is 0. The molecule has 0 saturated heterocycles. The van der Waals surface area contributed by atoms with Crippen LogP contribution in [-0.4, -0.2) is 0 Å². The number of hydrogen-bond acceptors (Lipinski definition) is 0. The Morgan fingerprint density at radius 1 is 1.05 bits per heavy atom. The summed E-state index contributed by atoms with van der Waals surface area (Å²) < 4.78 is 0. The zero-order chi connectivity index (χ0) is 13.5. The van der Waals surface area contributed by atoms with Crippen LogP contribution in [0, 0.1) is 43.4 Å². The molecule has 4 fully saturated rings. The summed E-state index contributed by atoms with van der Waals surface area (Å²) in [6, 6.07) is 10.3. The first-order valence-electron chi connectivity index (χ1n) is 7.93. The van der Waals surface area contributed by atoms with Crippen LogP contribution in [0.15, 0.2) is 30.3 Å². The fourth-order valence-corrected chi connectivity index (χ4v) is 4.91. The molecule has 1 radical (unpaired) electrons. The van der Waals surface area contributed by atoms with Crippen molar-refractivity contribution in [2.75, 3.05) is 0 Å². The number of aryl methyl sites for hydroxylation is 1. The zero-order valence-corrected chi connectivity index (χ0v) is 20.4. The summed E-state index contributed by atoms with van der Waals surface area (Å²) in [6.07, 6.45) is 7.62. The van der Waals surface area contributed by atoms with Crippen LogP contribution in [0.2, 0.25) is 0 Å². The van der Waals surface area contributed by atoms with Crippen LogP contribution in [0.25, 0.3) is 0 Å². The maximum atomic E-state index is 2.54. The van der Waals surface area contributed by atoms with E-state index < -0.39 is 0 Å². The second kappa shape index (κ2) is 9.48. The summed E-state index contributed by atoms with van der Waals surface area (Å²) in [7, 11) is 0. The molecule has 0 spiro atoms. The van der Waals surface area contributed by atoms with E-state index in [0.29, 0.717) is 0 Å². The van der Waals surface area contributed by atoms with Gasteiger partial charge in [0.05, 0.1) is 0 Å². The van der Waals surface area contributed by atoms with Gasteiger partial charge in [-0.2, -0.15) is 18.8 Å². The third-order valence-electron chi connectivity index (χ3n) is 5.88. The maximum Gasteiger partial charge on any atom is 0 e. The summed E-state index contributed by atoms with van der Waals surface area (Å²) in [6.45, 7) is 7.10. The molecule has 3 atom stereocenters. The third-order valence-corrected chi connectivity index (χ3v) is 5.88. The van der Waals surface area contributed by atoms with Crippen LogP contribution < -0.4 is 0 Å². The average molecular weight is 543 g/mol. The summed E-state index contributed by atoms with van der Waals surface area (Å²) in [5.74, 6) is 5.06. The smallest absolute Gasteiger partial charge is 0 e. The van der Waals surface area contributed by atoms with Gasteiger partial charge in [0, 0.05) is 53.8 Å². The van der Waals surface area contributed by atoms with Gasteiger partial charge in [0.2, 0.25) is 0 Å². The van der Waals surface area contributed by atoms with E-state index in [-0.39, 0.29) is 61.2 Å². The molecule has 0 amide bonds. The molecule has 121 valence electrons. The molecular weight excluding hydrogens is 513 g/mol. The molecule has 4 aliphatic rings. The molecule has 0 N–H and O–H groups in total. The van der Waals surface area contributed by atoms with Crippen molar-refractivity contribution in [3.05, 3.63) is 49.2 Å². The van der Waals surface area contributed by atoms with Crippen LogP contribution in [0.4, 0.5) is 0 Å². The van der Waals surface area contributed by atoms with Gasteiger partial charge in [-0.05, 0) is 19.8 Å². The molecule has 0 aromatic heterocycles. The van der Waals surface area contributed by atoms with Crippen molar-refractivity contribution in [2.24, 2.45) is 23.2 Å². The van der Waals surface area contributed by atoms with Gasteiger partial charge in [-0.15, -0.1) is 0 Å². The Labute approximate surface area is 177 Å².